The van der Waals surface area contributed by atoms with Crippen LogP contribution in [0.4, 0.5) is 5.69 Å². The van der Waals surface area contributed by atoms with E-state index in [-0.39, 0.29) is 17.3 Å². The van der Waals surface area contributed by atoms with E-state index in [0.29, 0.717) is 11.5 Å². The van der Waals surface area contributed by atoms with Crippen LogP contribution in [0.15, 0.2) is 29.1 Å². The third-order valence-electron chi connectivity index (χ3n) is 3.68. The Kier molecular flexibility index (Phi) is 3.53. The standard InChI is InChI=1S/C13H15N5O3/c19-13-16-15-12(9-2-1-7-14-8-9)17(13)10-3-5-11(6-4-10)18(20)21/h3-6,9,14H,1-2,7-8H2,(H,16,19). The van der Waals surface area contributed by atoms with Crippen molar-refractivity contribution in [3.8, 4) is 5.69 Å². The molecule has 8 heteroatoms. The van der Waals surface area contributed by atoms with E-state index in [1.165, 1.54) is 16.7 Å². The summed E-state index contributed by atoms with van der Waals surface area (Å²) in [5, 5.41) is 20.6. The monoisotopic (exact) mass is 289 g/mol. The molecule has 1 fully saturated rings. The first kappa shape index (κ1) is 13.5. The van der Waals surface area contributed by atoms with Crippen LogP contribution in [0, 0.1) is 10.1 Å². The minimum Gasteiger partial charge on any atom is -0.316 e. The quantitative estimate of drug-likeness (QED) is 0.646. The molecule has 0 saturated carbocycles. The fourth-order valence-electron chi connectivity index (χ4n) is 2.63. The average Bonchev–Trinajstić information content (AvgIpc) is 2.90. The summed E-state index contributed by atoms with van der Waals surface area (Å²) < 4.78 is 1.49. The molecule has 1 aliphatic heterocycles. The molecule has 8 nitrogen and oxygen atoms in total. The molecule has 0 spiro atoms. The zero-order valence-corrected chi connectivity index (χ0v) is 11.3. The van der Waals surface area contributed by atoms with E-state index in [9.17, 15) is 14.9 Å². The summed E-state index contributed by atoms with van der Waals surface area (Å²) in [6.07, 6.45) is 2.00. The Bertz CT molecular complexity index is 697. The van der Waals surface area contributed by atoms with Gasteiger partial charge in [-0.05, 0) is 31.5 Å². The Morgan fingerprint density at radius 1 is 1.33 bits per heavy atom. The molecule has 2 N–H and O–H groups in total. The van der Waals surface area contributed by atoms with Gasteiger partial charge in [0.05, 0.1) is 10.6 Å². The Hall–Kier alpha value is -2.48. The molecule has 1 aromatic carbocycles. The zero-order valence-electron chi connectivity index (χ0n) is 11.3. The van der Waals surface area contributed by atoms with Crippen molar-refractivity contribution in [1.29, 1.82) is 0 Å². The Balaban J connectivity index is 1.99. The number of nitrogens with one attached hydrogen (secondary N) is 2. The molecule has 21 heavy (non-hydrogen) atoms. The second-order valence-corrected chi connectivity index (χ2v) is 5.04. The number of rotatable bonds is 3. The van der Waals surface area contributed by atoms with E-state index in [4.69, 9.17) is 0 Å². The third kappa shape index (κ3) is 2.57. The van der Waals surface area contributed by atoms with Crippen LogP contribution in [0.3, 0.4) is 0 Å². The Morgan fingerprint density at radius 3 is 2.71 bits per heavy atom. The van der Waals surface area contributed by atoms with Crippen LogP contribution in [-0.2, 0) is 0 Å². The first-order valence-electron chi connectivity index (χ1n) is 6.79. The fourth-order valence-corrected chi connectivity index (χ4v) is 2.63. The summed E-state index contributed by atoms with van der Waals surface area (Å²) in [4.78, 5) is 22.2. The predicted molar refractivity (Wildman–Crippen MR) is 75.7 cm³/mol. The van der Waals surface area contributed by atoms with Crippen LogP contribution in [-0.4, -0.2) is 32.8 Å². The average molecular weight is 289 g/mol. The maximum absolute atomic E-state index is 12.0. The van der Waals surface area contributed by atoms with Crippen molar-refractivity contribution in [3.05, 3.63) is 50.7 Å². The summed E-state index contributed by atoms with van der Waals surface area (Å²) in [5.74, 6) is 0.828. The highest BCUT2D eigenvalue weighted by atomic mass is 16.6. The van der Waals surface area contributed by atoms with Crippen LogP contribution >= 0.6 is 0 Å². The predicted octanol–water partition coefficient (Wildman–Crippen LogP) is 0.936. The molecule has 0 amide bonds. The van der Waals surface area contributed by atoms with E-state index >= 15 is 0 Å². The Morgan fingerprint density at radius 2 is 2.10 bits per heavy atom. The number of nitro benzene ring substituents is 1. The molecule has 1 unspecified atom stereocenters. The lowest BCUT2D eigenvalue weighted by atomic mass is 9.99. The van der Waals surface area contributed by atoms with Crippen LogP contribution in [0.1, 0.15) is 24.6 Å². The lowest BCUT2D eigenvalue weighted by molar-refractivity contribution is -0.384. The molecular weight excluding hydrogens is 274 g/mol. The highest BCUT2D eigenvalue weighted by molar-refractivity contribution is 5.41. The summed E-state index contributed by atoms with van der Waals surface area (Å²) in [7, 11) is 0. The van der Waals surface area contributed by atoms with Gasteiger partial charge in [0.15, 0.2) is 0 Å². The van der Waals surface area contributed by atoms with Gasteiger partial charge in [0.2, 0.25) is 0 Å². The number of hydrogen-bond donors (Lipinski definition) is 2. The molecule has 0 radical (unpaired) electrons. The highest BCUT2D eigenvalue weighted by Crippen LogP contribution is 2.23. The summed E-state index contributed by atoms with van der Waals surface area (Å²) >= 11 is 0. The number of aromatic nitrogens is 3. The second kappa shape index (κ2) is 5.49. The van der Waals surface area contributed by atoms with Gasteiger partial charge < -0.3 is 5.32 Å². The molecule has 1 aliphatic rings. The van der Waals surface area contributed by atoms with Crippen LogP contribution in [0.5, 0.6) is 0 Å². The van der Waals surface area contributed by atoms with Crippen LogP contribution < -0.4 is 11.0 Å². The maximum Gasteiger partial charge on any atom is 0.347 e. The molecule has 110 valence electrons. The van der Waals surface area contributed by atoms with Gasteiger partial charge in [-0.25, -0.2) is 14.5 Å². The molecule has 0 aliphatic carbocycles. The summed E-state index contributed by atoms with van der Waals surface area (Å²) in [5.41, 5.74) is 0.250. The van der Waals surface area contributed by atoms with E-state index < -0.39 is 4.92 Å². The minimum absolute atomic E-state index is 0.00354. The molecule has 1 atom stereocenters. The van der Waals surface area contributed by atoms with Gasteiger partial charge in [0.25, 0.3) is 5.69 Å². The number of hydrogen-bond acceptors (Lipinski definition) is 5. The minimum atomic E-state index is -0.464. The van der Waals surface area contributed by atoms with Gasteiger partial charge >= 0.3 is 5.69 Å². The van der Waals surface area contributed by atoms with E-state index in [2.05, 4.69) is 15.5 Å². The number of nitro groups is 1. The van der Waals surface area contributed by atoms with E-state index in [0.717, 1.165) is 25.9 Å². The smallest absolute Gasteiger partial charge is 0.316 e. The molecule has 1 aromatic heterocycles. The highest BCUT2D eigenvalue weighted by Gasteiger charge is 2.22. The normalized spacial score (nSPS) is 18.6. The Labute approximate surface area is 119 Å². The number of aromatic amines is 1. The molecule has 3 rings (SSSR count). The molecule has 1 saturated heterocycles. The second-order valence-electron chi connectivity index (χ2n) is 5.04. The number of benzene rings is 1. The first-order chi connectivity index (χ1) is 10.2. The number of H-pyrrole nitrogens is 1. The van der Waals surface area contributed by atoms with Crippen molar-refractivity contribution in [2.45, 2.75) is 18.8 Å². The zero-order chi connectivity index (χ0) is 14.8. The summed E-state index contributed by atoms with van der Waals surface area (Å²) in [6.45, 7) is 1.75. The topological polar surface area (TPSA) is 106 Å². The van der Waals surface area contributed by atoms with Gasteiger partial charge in [0.1, 0.15) is 5.82 Å². The largest absolute Gasteiger partial charge is 0.347 e. The SMILES string of the molecule is O=c1[nH]nc(C2CCCNC2)n1-c1ccc([N+](=O)[O-])cc1. The molecule has 2 aromatic rings. The summed E-state index contributed by atoms with van der Waals surface area (Å²) in [6, 6.07) is 5.90. The van der Waals surface area contributed by atoms with Crippen molar-refractivity contribution in [2.75, 3.05) is 13.1 Å². The number of nitrogens with zero attached hydrogens (tertiary/aromatic N) is 3. The lowest BCUT2D eigenvalue weighted by Crippen LogP contribution is -2.31. The van der Waals surface area contributed by atoms with Gasteiger partial charge in [-0.15, -0.1) is 0 Å². The van der Waals surface area contributed by atoms with Gasteiger partial charge in [0, 0.05) is 24.6 Å². The van der Waals surface area contributed by atoms with Crippen LogP contribution in [0.25, 0.3) is 5.69 Å². The van der Waals surface area contributed by atoms with Crippen LogP contribution in [0.2, 0.25) is 0 Å². The first-order valence-corrected chi connectivity index (χ1v) is 6.79. The number of non-ortho nitro benzene ring substituents is 1. The number of piperidine rings is 1. The van der Waals surface area contributed by atoms with Gasteiger partial charge in [-0.2, -0.15) is 5.10 Å². The fraction of sp³-hybridized carbons (Fsp3) is 0.385. The third-order valence-corrected chi connectivity index (χ3v) is 3.68. The van der Waals surface area contributed by atoms with Crippen molar-refractivity contribution in [3.63, 3.8) is 0 Å². The van der Waals surface area contributed by atoms with Crippen molar-refractivity contribution in [1.82, 2.24) is 20.1 Å². The molecular formula is C13H15N5O3. The van der Waals surface area contributed by atoms with E-state index in [1.807, 2.05) is 0 Å². The van der Waals surface area contributed by atoms with Crippen molar-refractivity contribution < 1.29 is 4.92 Å². The molecule has 2 heterocycles. The van der Waals surface area contributed by atoms with Gasteiger partial charge in [-0.1, -0.05) is 0 Å². The lowest BCUT2D eigenvalue weighted by Gasteiger charge is -2.22. The van der Waals surface area contributed by atoms with Crippen molar-refractivity contribution >= 4 is 5.69 Å². The molecule has 0 bridgehead atoms. The van der Waals surface area contributed by atoms with Gasteiger partial charge in [-0.3, -0.25) is 10.1 Å². The maximum atomic E-state index is 12.0. The van der Waals surface area contributed by atoms with E-state index in [1.54, 1.807) is 12.1 Å². The van der Waals surface area contributed by atoms with Crippen molar-refractivity contribution in [2.24, 2.45) is 0 Å².